The normalized spacial score (nSPS) is 16.5. The molecule has 7 heteroatoms. The number of fused-ring (bicyclic) bond motifs is 1. The summed E-state index contributed by atoms with van der Waals surface area (Å²) >= 11 is 0. The molecule has 1 aromatic carbocycles. The molecule has 0 aliphatic carbocycles. The Kier molecular flexibility index (Phi) is 4.28. The van der Waals surface area contributed by atoms with Gasteiger partial charge in [-0.05, 0) is 24.3 Å². The van der Waals surface area contributed by atoms with E-state index in [9.17, 15) is 4.79 Å². The van der Waals surface area contributed by atoms with Gasteiger partial charge in [-0.25, -0.2) is 9.78 Å². The van der Waals surface area contributed by atoms with Crippen molar-refractivity contribution in [1.82, 2.24) is 9.88 Å². The van der Waals surface area contributed by atoms with Crippen molar-refractivity contribution >= 4 is 17.5 Å². The van der Waals surface area contributed by atoms with Crippen LogP contribution in [-0.2, 0) is 0 Å². The average molecular weight is 340 g/mol. The summed E-state index contributed by atoms with van der Waals surface area (Å²) in [5.41, 5.74) is 0.710. The second-order valence-electron chi connectivity index (χ2n) is 5.95. The van der Waals surface area contributed by atoms with Crippen LogP contribution in [0.5, 0.6) is 11.5 Å². The molecule has 25 heavy (non-hydrogen) atoms. The lowest BCUT2D eigenvalue weighted by Gasteiger charge is -2.35. The van der Waals surface area contributed by atoms with Crippen LogP contribution in [0.3, 0.4) is 0 Å². The summed E-state index contributed by atoms with van der Waals surface area (Å²) in [6.45, 7) is 3.94. The van der Waals surface area contributed by atoms with Crippen LogP contribution in [0.4, 0.5) is 16.3 Å². The molecule has 2 aromatic rings. The van der Waals surface area contributed by atoms with Crippen LogP contribution < -0.4 is 19.7 Å². The minimum absolute atomic E-state index is 0.0997. The summed E-state index contributed by atoms with van der Waals surface area (Å²) in [5, 5.41) is 2.93. The summed E-state index contributed by atoms with van der Waals surface area (Å²) in [6, 6.07) is 11.2. The standard InChI is InChI=1S/C18H20N4O3/c23-18(20-14-4-5-15-16(13-14)25-12-11-24-15)22-9-7-21(8-10-22)17-3-1-2-6-19-17/h1-6,13H,7-12H2,(H,20,23). The van der Waals surface area contributed by atoms with Gasteiger partial charge in [-0.3, -0.25) is 0 Å². The molecule has 0 bridgehead atoms. The van der Waals surface area contributed by atoms with Crippen LogP contribution in [0.15, 0.2) is 42.6 Å². The Hall–Kier alpha value is -2.96. The highest BCUT2D eigenvalue weighted by Gasteiger charge is 2.22. The fourth-order valence-corrected chi connectivity index (χ4v) is 3.00. The molecule has 2 aliphatic heterocycles. The molecule has 4 rings (SSSR count). The zero-order chi connectivity index (χ0) is 17.1. The maximum absolute atomic E-state index is 12.5. The molecule has 0 atom stereocenters. The van der Waals surface area contributed by atoms with Gasteiger partial charge in [-0.1, -0.05) is 6.07 Å². The molecule has 2 amide bonds. The van der Waals surface area contributed by atoms with Crippen molar-refractivity contribution in [2.75, 3.05) is 49.6 Å². The Bertz CT molecular complexity index is 745. The Morgan fingerprint density at radius 1 is 1.00 bits per heavy atom. The quantitative estimate of drug-likeness (QED) is 0.908. The molecule has 3 heterocycles. The van der Waals surface area contributed by atoms with Crippen molar-refractivity contribution in [1.29, 1.82) is 0 Å². The minimum atomic E-state index is -0.0997. The lowest BCUT2D eigenvalue weighted by Crippen LogP contribution is -2.50. The van der Waals surface area contributed by atoms with Gasteiger partial charge in [0.05, 0.1) is 0 Å². The van der Waals surface area contributed by atoms with Crippen LogP contribution in [-0.4, -0.2) is 55.3 Å². The molecule has 1 saturated heterocycles. The number of carbonyl (C=O) groups excluding carboxylic acids is 1. The van der Waals surface area contributed by atoms with Crippen LogP contribution in [0.1, 0.15) is 0 Å². The van der Waals surface area contributed by atoms with E-state index in [1.165, 1.54) is 0 Å². The molecule has 2 aliphatic rings. The second-order valence-corrected chi connectivity index (χ2v) is 5.95. The monoisotopic (exact) mass is 340 g/mol. The number of nitrogens with zero attached hydrogens (tertiary/aromatic N) is 3. The number of rotatable bonds is 2. The largest absolute Gasteiger partial charge is 0.486 e. The predicted molar refractivity (Wildman–Crippen MR) is 94.5 cm³/mol. The van der Waals surface area contributed by atoms with Crippen molar-refractivity contribution in [2.45, 2.75) is 0 Å². The summed E-state index contributed by atoms with van der Waals surface area (Å²) < 4.78 is 11.0. The van der Waals surface area contributed by atoms with Gasteiger partial charge in [-0.2, -0.15) is 0 Å². The SMILES string of the molecule is O=C(Nc1ccc2c(c1)OCCO2)N1CCN(c2ccccn2)CC1. The van der Waals surface area contributed by atoms with Gasteiger partial charge < -0.3 is 24.6 Å². The summed E-state index contributed by atoms with van der Waals surface area (Å²) in [5.74, 6) is 2.34. The molecule has 130 valence electrons. The lowest BCUT2D eigenvalue weighted by molar-refractivity contribution is 0.171. The second kappa shape index (κ2) is 6.88. The Morgan fingerprint density at radius 2 is 1.80 bits per heavy atom. The third kappa shape index (κ3) is 3.45. The van der Waals surface area contributed by atoms with E-state index in [0.717, 1.165) is 18.9 Å². The number of urea groups is 1. The zero-order valence-corrected chi connectivity index (χ0v) is 13.9. The van der Waals surface area contributed by atoms with Gasteiger partial charge >= 0.3 is 6.03 Å². The number of ether oxygens (including phenoxy) is 2. The molecular weight excluding hydrogens is 320 g/mol. The number of pyridine rings is 1. The summed E-state index contributed by atoms with van der Waals surface area (Å²) in [6.07, 6.45) is 1.79. The van der Waals surface area contributed by atoms with Crippen molar-refractivity contribution < 1.29 is 14.3 Å². The Labute approximate surface area is 146 Å². The molecule has 0 unspecified atom stereocenters. The van der Waals surface area contributed by atoms with E-state index in [-0.39, 0.29) is 6.03 Å². The van der Waals surface area contributed by atoms with E-state index in [1.54, 1.807) is 12.3 Å². The highest BCUT2D eigenvalue weighted by molar-refractivity contribution is 5.90. The van der Waals surface area contributed by atoms with Gasteiger partial charge in [0.2, 0.25) is 0 Å². The number of amides is 2. The smallest absolute Gasteiger partial charge is 0.321 e. The average Bonchev–Trinajstić information content (AvgIpc) is 2.69. The van der Waals surface area contributed by atoms with E-state index < -0.39 is 0 Å². The number of hydrogen-bond donors (Lipinski definition) is 1. The van der Waals surface area contributed by atoms with Gasteiger partial charge in [0.15, 0.2) is 11.5 Å². The van der Waals surface area contributed by atoms with E-state index >= 15 is 0 Å². The molecular formula is C18H20N4O3. The first-order valence-corrected chi connectivity index (χ1v) is 8.41. The highest BCUT2D eigenvalue weighted by atomic mass is 16.6. The molecule has 7 nitrogen and oxygen atoms in total. The van der Waals surface area contributed by atoms with E-state index in [0.29, 0.717) is 43.5 Å². The van der Waals surface area contributed by atoms with Crippen molar-refractivity contribution in [3.63, 3.8) is 0 Å². The van der Waals surface area contributed by atoms with Gasteiger partial charge in [0.25, 0.3) is 0 Å². The minimum Gasteiger partial charge on any atom is -0.486 e. The van der Waals surface area contributed by atoms with Gasteiger partial charge in [0, 0.05) is 44.1 Å². The number of benzene rings is 1. The topological polar surface area (TPSA) is 66.9 Å². The van der Waals surface area contributed by atoms with Crippen LogP contribution >= 0.6 is 0 Å². The molecule has 0 radical (unpaired) electrons. The highest BCUT2D eigenvalue weighted by Crippen LogP contribution is 2.32. The van der Waals surface area contributed by atoms with Crippen LogP contribution in [0.2, 0.25) is 0 Å². The maximum atomic E-state index is 12.5. The summed E-state index contributed by atoms with van der Waals surface area (Å²) in [7, 11) is 0. The van der Waals surface area contributed by atoms with E-state index in [4.69, 9.17) is 9.47 Å². The first-order valence-electron chi connectivity index (χ1n) is 8.41. The fourth-order valence-electron chi connectivity index (χ4n) is 3.00. The molecule has 1 aromatic heterocycles. The van der Waals surface area contributed by atoms with Gasteiger partial charge in [-0.15, -0.1) is 0 Å². The van der Waals surface area contributed by atoms with Crippen molar-refractivity contribution in [3.8, 4) is 11.5 Å². The molecule has 0 spiro atoms. The zero-order valence-electron chi connectivity index (χ0n) is 13.9. The fraction of sp³-hybridized carbons (Fsp3) is 0.333. The predicted octanol–water partition coefficient (Wildman–Crippen LogP) is 2.21. The van der Waals surface area contributed by atoms with Crippen LogP contribution in [0.25, 0.3) is 0 Å². The molecule has 1 N–H and O–H groups in total. The van der Waals surface area contributed by atoms with Crippen LogP contribution in [0, 0.1) is 0 Å². The van der Waals surface area contributed by atoms with E-state index in [2.05, 4.69) is 15.2 Å². The number of hydrogen-bond acceptors (Lipinski definition) is 5. The first-order chi connectivity index (χ1) is 12.3. The third-order valence-electron chi connectivity index (χ3n) is 4.33. The first kappa shape index (κ1) is 15.6. The molecule has 0 saturated carbocycles. The number of carbonyl (C=O) groups is 1. The number of nitrogens with one attached hydrogen (secondary N) is 1. The summed E-state index contributed by atoms with van der Waals surface area (Å²) in [4.78, 5) is 20.9. The van der Waals surface area contributed by atoms with Gasteiger partial charge in [0.1, 0.15) is 19.0 Å². The van der Waals surface area contributed by atoms with E-state index in [1.807, 2.05) is 35.2 Å². The molecule has 1 fully saturated rings. The maximum Gasteiger partial charge on any atom is 0.321 e. The third-order valence-corrected chi connectivity index (χ3v) is 4.33. The Balaban J connectivity index is 1.35. The van der Waals surface area contributed by atoms with Crippen molar-refractivity contribution in [3.05, 3.63) is 42.6 Å². The number of aromatic nitrogens is 1. The number of piperazine rings is 1. The lowest BCUT2D eigenvalue weighted by atomic mass is 10.2. The number of anilines is 2. The Morgan fingerprint density at radius 3 is 2.56 bits per heavy atom. The van der Waals surface area contributed by atoms with Crippen molar-refractivity contribution in [2.24, 2.45) is 0 Å².